The molecule has 0 spiro atoms. The van der Waals surface area contributed by atoms with Crippen molar-refractivity contribution in [1.29, 1.82) is 0 Å². The Hall–Kier alpha value is -0.330. The summed E-state index contributed by atoms with van der Waals surface area (Å²) < 4.78 is 66.5. The minimum atomic E-state index is -5.38. The molecule has 16 N–H and O–H groups in total. The normalized spacial score (nSPS) is 14.2. The lowest BCUT2D eigenvalue weighted by atomic mass is 9.81. The van der Waals surface area contributed by atoms with Crippen LogP contribution in [0.3, 0.4) is 0 Å². The molecule has 0 radical (unpaired) electrons. The monoisotopic (exact) mass is 860 g/mol. The van der Waals surface area contributed by atoms with E-state index in [4.69, 9.17) is 30.4 Å². The van der Waals surface area contributed by atoms with E-state index in [1.165, 1.54) is 31.2 Å². The molecule has 1 rings (SSSR count). The van der Waals surface area contributed by atoms with Crippen molar-refractivity contribution in [2.75, 3.05) is 6.54 Å². The Balaban J connectivity index is 0. The molecule has 0 aromatic heterocycles. The summed E-state index contributed by atoms with van der Waals surface area (Å²) in [6, 6.07) is 7.01. The van der Waals surface area contributed by atoms with Crippen LogP contribution in [0.1, 0.15) is 78.7 Å². The van der Waals surface area contributed by atoms with Crippen LogP contribution in [0.4, 0.5) is 0 Å². The maximum atomic E-state index is 12.3. The van der Waals surface area contributed by atoms with Gasteiger partial charge in [0.05, 0.1) is 0 Å². The van der Waals surface area contributed by atoms with E-state index in [1.54, 1.807) is 19.9 Å². The lowest BCUT2D eigenvalue weighted by molar-refractivity contribution is -0.128. The standard InChI is InChI=1S/C12H27NO7P2.C9H15NO6P2.C2H8O7P2/c1-4-5-6-7-8-11(2,3)10(14)9-12(13,21(15,16)17)22(18,19)20;1-2-10-9(17(11,12)13,18(14,15)16)8-6-4-3-5-7-8;1-2(3,10(4,5)6)11(7,8)9/h4-9,13H2,1-3H3,(H2,15,16,17)(H2,18,19,20);3-7,10H,2H2,1H3,(H2,11,12,13)(H2,14,15,16);3H,1H3,(H2,4,5,6)(H2,7,8,9). The molecule has 1 aromatic carbocycles. The number of rotatable bonds is 17. The number of ketones is 1. The molecule has 0 atom stereocenters. The van der Waals surface area contributed by atoms with Crippen molar-refractivity contribution in [3.63, 3.8) is 0 Å². The van der Waals surface area contributed by atoms with Gasteiger partial charge in [-0.2, -0.15) is 0 Å². The Morgan fingerprint density at radius 2 is 1.04 bits per heavy atom. The van der Waals surface area contributed by atoms with Gasteiger partial charge in [0.2, 0.25) is 10.0 Å². The maximum absolute atomic E-state index is 12.3. The highest BCUT2D eigenvalue weighted by Crippen LogP contribution is 2.73. The molecule has 22 nitrogen and oxygen atoms in total. The topological polar surface area (TPSA) is 421 Å². The highest BCUT2D eigenvalue weighted by Gasteiger charge is 2.61. The van der Waals surface area contributed by atoms with Gasteiger partial charge in [0, 0.05) is 11.8 Å². The fourth-order valence-electron chi connectivity index (χ4n) is 3.89. The molecule has 1 aromatic rings. The van der Waals surface area contributed by atoms with Crippen molar-refractivity contribution in [3.8, 4) is 0 Å². The van der Waals surface area contributed by atoms with Gasteiger partial charge in [0.25, 0.3) is 5.08 Å². The Morgan fingerprint density at radius 3 is 1.31 bits per heavy atom. The fourth-order valence-corrected chi connectivity index (χ4v) is 10.4. The van der Waals surface area contributed by atoms with Crippen LogP contribution in [-0.2, 0) is 37.2 Å². The number of hydrogen-bond acceptors (Lipinski definition) is 10. The Morgan fingerprint density at radius 1 is 0.647 bits per heavy atom. The largest absolute Gasteiger partial charge is 0.369 e. The van der Waals surface area contributed by atoms with Gasteiger partial charge in [-0.15, -0.1) is 0 Å². The zero-order valence-corrected chi connectivity index (χ0v) is 33.6. The minimum Gasteiger partial charge on any atom is -0.368 e. The van der Waals surface area contributed by atoms with Crippen molar-refractivity contribution >= 4 is 51.4 Å². The zero-order valence-electron chi connectivity index (χ0n) is 28.3. The van der Waals surface area contributed by atoms with Gasteiger partial charge >= 0.3 is 45.6 Å². The first kappa shape index (κ1) is 52.8. The molecule has 0 aliphatic heterocycles. The quantitative estimate of drug-likeness (QED) is 0.0782. The number of Topliss-reactive ketones (excluding diaryl/α,β-unsaturated/α-hetero) is 1. The van der Waals surface area contributed by atoms with Crippen LogP contribution in [0.15, 0.2) is 30.3 Å². The third-order valence-electron chi connectivity index (χ3n) is 7.39. The number of carbonyl (C=O) groups is 1. The van der Waals surface area contributed by atoms with E-state index < -0.39 is 78.3 Å². The SMILES string of the molecule is CC(O)(P(=O)(O)O)P(=O)(O)O.CCCCCCC(C)(C)C(=O)CC(N)(P(=O)(O)O)P(=O)(O)O.CCNC(c1ccccc1)(P(=O)(O)O)P(=O)(O)O. The highest BCUT2D eigenvalue weighted by molar-refractivity contribution is 7.73. The number of hydrogen-bond donors (Lipinski definition) is 15. The lowest BCUT2D eigenvalue weighted by Gasteiger charge is -2.35. The highest BCUT2D eigenvalue weighted by atomic mass is 31.3. The average Bonchev–Trinajstić information content (AvgIpc) is 2.91. The van der Waals surface area contributed by atoms with E-state index >= 15 is 0 Å². The molecule has 0 aliphatic carbocycles. The molecule has 0 fully saturated rings. The molecule has 28 heteroatoms. The van der Waals surface area contributed by atoms with Gasteiger partial charge in [-0.3, -0.25) is 37.5 Å². The summed E-state index contributed by atoms with van der Waals surface area (Å²) in [5.41, 5.74) is 4.18. The molecule has 0 saturated heterocycles. The number of aliphatic hydroxyl groups is 1. The smallest absolute Gasteiger partial charge is 0.368 e. The number of benzene rings is 1. The molecule has 0 saturated carbocycles. The Bertz CT molecular complexity index is 1500. The van der Waals surface area contributed by atoms with Gasteiger partial charge in [-0.25, -0.2) is 0 Å². The van der Waals surface area contributed by atoms with E-state index in [0.29, 0.717) is 13.3 Å². The summed E-state index contributed by atoms with van der Waals surface area (Å²) in [6.07, 6.45) is 3.09. The predicted octanol–water partition coefficient (Wildman–Crippen LogP) is 1.68. The van der Waals surface area contributed by atoms with Crippen LogP contribution in [0.25, 0.3) is 0 Å². The van der Waals surface area contributed by atoms with E-state index in [9.17, 15) is 71.3 Å². The second-order valence-electron chi connectivity index (χ2n) is 12.0. The number of nitrogens with one attached hydrogen (secondary N) is 1. The van der Waals surface area contributed by atoms with Crippen LogP contribution in [0.5, 0.6) is 0 Å². The van der Waals surface area contributed by atoms with Crippen molar-refractivity contribution < 1.29 is 96.0 Å². The van der Waals surface area contributed by atoms with E-state index in [0.717, 1.165) is 25.7 Å². The molecule has 0 heterocycles. The number of nitrogens with two attached hydrogens (primary N) is 1. The Kier molecular flexibility index (Phi) is 19.7. The molecule has 0 bridgehead atoms. The van der Waals surface area contributed by atoms with Crippen molar-refractivity contribution in [1.82, 2.24) is 5.32 Å². The number of unbranched alkanes of at least 4 members (excludes halogenated alkanes) is 3. The van der Waals surface area contributed by atoms with E-state index in [-0.39, 0.29) is 12.1 Å². The van der Waals surface area contributed by atoms with Gasteiger partial charge in [-0.1, -0.05) is 83.7 Å². The molecule has 0 aliphatic rings. The minimum absolute atomic E-state index is 0.00882. The summed E-state index contributed by atoms with van der Waals surface area (Å²) in [7, 11) is -31.4. The summed E-state index contributed by atoms with van der Waals surface area (Å²) >= 11 is 0. The molecular weight excluding hydrogens is 810 g/mol. The fraction of sp³-hybridized carbons (Fsp3) is 0.696. The van der Waals surface area contributed by atoms with Crippen LogP contribution < -0.4 is 11.1 Å². The average molecular weight is 860 g/mol. The molecule has 302 valence electrons. The van der Waals surface area contributed by atoms with Gasteiger partial charge in [0.1, 0.15) is 5.78 Å². The summed E-state index contributed by atoms with van der Waals surface area (Å²) in [4.78, 5) is 120. The third kappa shape index (κ3) is 14.0. The molecule has 0 unspecified atom stereocenters. The zero-order chi connectivity index (χ0) is 41.3. The molecule has 0 amide bonds. The van der Waals surface area contributed by atoms with E-state index in [2.05, 4.69) is 5.32 Å². The lowest BCUT2D eigenvalue weighted by Crippen LogP contribution is -2.44. The number of carbonyl (C=O) groups excluding carboxylic acids is 1. The summed E-state index contributed by atoms with van der Waals surface area (Å²) in [6.45, 7) is 7.09. The van der Waals surface area contributed by atoms with E-state index in [1.807, 2.05) is 6.92 Å². The van der Waals surface area contributed by atoms with Crippen molar-refractivity contribution in [2.24, 2.45) is 11.1 Å². The second kappa shape index (κ2) is 19.0. The van der Waals surface area contributed by atoms with Gasteiger partial charge in [0.15, 0.2) is 0 Å². The predicted molar refractivity (Wildman–Crippen MR) is 184 cm³/mol. The summed E-state index contributed by atoms with van der Waals surface area (Å²) in [5.74, 6) is -0.668. The van der Waals surface area contributed by atoms with Gasteiger partial charge in [-0.05, 0) is 25.5 Å². The van der Waals surface area contributed by atoms with Crippen molar-refractivity contribution in [3.05, 3.63) is 35.9 Å². The van der Waals surface area contributed by atoms with Crippen LogP contribution >= 0.6 is 45.6 Å². The van der Waals surface area contributed by atoms with Crippen LogP contribution in [0, 0.1) is 5.41 Å². The first-order chi connectivity index (χ1) is 22.4. The van der Waals surface area contributed by atoms with Crippen LogP contribution in [0.2, 0.25) is 0 Å². The Labute approximate surface area is 294 Å². The first-order valence-corrected chi connectivity index (χ1v) is 24.2. The maximum Gasteiger partial charge on any atom is 0.369 e. The first-order valence-electron chi connectivity index (χ1n) is 14.5. The van der Waals surface area contributed by atoms with Crippen LogP contribution in [-0.4, -0.2) is 86.3 Å². The third-order valence-corrected chi connectivity index (χ3v) is 19.1. The molecular formula is C23H50N2O20P6. The van der Waals surface area contributed by atoms with Gasteiger partial charge < -0.3 is 69.6 Å². The summed E-state index contributed by atoms with van der Waals surface area (Å²) in [5, 5.41) is 1.77. The van der Waals surface area contributed by atoms with Crippen molar-refractivity contribution in [2.45, 2.75) is 88.3 Å². The molecule has 51 heavy (non-hydrogen) atoms. The second-order valence-corrected chi connectivity index (χ2v) is 24.2.